The first-order valence-electron chi connectivity index (χ1n) is 8.87. The second kappa shape index (κ2) is 9.75. The van der Waals surface area contributed by atoms with Crippen molar-refractivity contribution in [3.8, 4) is 11.5 Å². The topological polar surface area (TPSA) is 61.8 Å². The summed E-state index contributed by atoms with van der Waals surface area (Å²) in [5.74, 6) is 0.429. The second-order valence-electron chi connectivity index (χ2n) is 6.14. The van der Waals surface area contributed by atoms with E-state index in [0.29, 0.717) is 34.3 Å². The Morgan fingerprint density at radius 2 is 1.45 bits per heavy atom. The van der Waals surface area contributed by atoms with Crippen LogP contribution in [0.1, 0.15) is 26.3 Å². The highest BCUT2D eigenvalue weighted by atomic mass is 35.5. The zero-order valence-corrected chi connectivity index (χ0v) is 16.5. The lowest BCUT2D eigenvalue weighted by molar-refractivity contribution is 0.0474. The molecule has 0 N–H and O–H groups in total. The predicted molar refractivity (Wildman–Crippen MR) is 110 cm³/mol. The average Bonchev–Trinajstić information content (AvgIpc) is 2.76. The van der Waals surface area contributed by atoms with E-state index in [1.54, 1.807) is 55.6 Å². The number of ether oxygens (including phenoxy) is 3. The van der Waals surface area contributed by atoms with Gasteiger partial charge >= 0.3 is 5.97 Å². The molecule has 0 saturated carbocycles. The first-order chi connectivity index (χ1) is 14.1. The summed E-state index contributed by atoms with van der Waals surface area (Å²) in [6.45, 7) is -0.0100. The zero-order valence-electron chi connectivity index (χ0n) is 15.8. The first-order valence-corrected chi connectivity index (χ1v) is 9.25. The van der Waals surface area contributed by atoms with Gasteiger partial charge in [0, 0.05) is 10.6 Å². The van der Waals surface area contributed by atoms with Crippen LogP contribution in [0.15, 0.2) is 72.8 Å². The largest absolute Gasteiger partial charge is 0.493 e. The lowest BCUT2D eigenvalue weighted by Gasteiger charge is -2.10. The molecule has 0 aromatic heterocycles. The molecule has 5 nitrogen and oxygen atoms in total. The van der Waals surface area contributed by atoms with Crippen LogP contribution in [-0.2, 0) is 11.3 Å². The third kappa shape index (κ3) is 5.59. The van der Waals surface area contributed by atoms with Crippen molar-refractivity contribution in [3.63, 3.8) is 0 Å². The summed E-state index contributed by atoms with van der Waals surface area (Å²) in [4.78, 5) is 24.2. The standard InChI is InChI=1S/C23H19ClO5/c1-27-21-4-2-3-5-22(21)28-14-16-6-8-18(9-7-16)23(26)29-15-20(25)17-10-12-19(24)13-11-17/h2-13H,14-15H2,1H3. The molecule has 0 fully saturated rings. The van der Waals surface area contributed by atoms with E-state index in [-0.39, 0.29) is 12.4 Å². The van der Waals surface area contributed by atoms with Crippen LogP contribution >= 0.6 is 11.6 Å². The van der Waals surface area contributed by atoms with Crippen LogP contribution in [0, 0.1) is 0 Å². The second-order valence-corrected chi connectivity index (χ2v) is 6.58. The number of hydrogen-bond acceptors (Lipinski definition) is 5. The molecule has 148 valence electrons. The molecule has 3 aromatic carbocycles. The Morgan fingerprint density at radius 1 is 0.828 bits per heavy atom. The molecule has 29 heavy (non-hydrogen) atoms. The van der Waals surface area contributed by atoms with E-state index in [2.05, 4.69) is 0 Å². The molecule has 0 aliphatic rings. The van der Waals surface area contributed by atoms with Gasteiger partial charge in [0.2, 0.25) is 0 Å². The molecule has 0 bridgehead atoms. The van der Waals surface area contributed by atoms with Crippen molar-refractivity contribution in [2.75, 3.05) is 13.7 Å². The molecule has 0 heterocycles. The fraction of sp³-hybridized carbons (Fsp3) is 0.130. The summed E-state index contributed by atoms with van der Waals surface area (Å²) in [7, 11) is 1.58. The van der Waals surface area contributed by atoms with Crippen LogP contribution in [0.2, 0.25) is 5.02 Å². The van der Waals surface area contributed by atoms with E-state index >= 15 is 0 Å². The van der Waals surface area contributed by atoms with Gasteiger partial charge in [-0.05, 0) is 54.1 Å². The maximum absolute atomic E-state index is 12.2. The van der Waals surface area contributed by atoms with Crippen LogP contribution in [0.5, 0.6) is 11.5 Å². The van der Waals surface area contributed by atoms with Crippen LogP contribution in [0.3, 0.4) is 0 Å². The minimum Gasteiger partial charge on any atom is -0.493 e. The predicted octanol–water partition coefficient (Wildman–Crippen LogP) is 4.97. The number of hydrogen-bond donors (Lipinski definition) is 0. The Hall–Kier alpha value is -3.31. The smallest absolute Gasteiger partial charge is 0.338 e. The summed E-state index contributed by atoms with van der Waals surface area (Å²) >= 11 is 5.80. The van der Waals surface area contributed by atoms with Crippen molar-refractivity contribution in [1.29, 1.82) is 0 Å². The van der Waals surface area contributed by atoms with Crippen molar-refractivity contribution in [2.24, 2.45) is 0 Å². The number of halogens is 1. The molecule has 0 aliphatic carbocycles. The Balaban J connectivity index is 1.53. The zero-order chi connectivity index (χ0) is 20.6. The quantitative estimate of drug-likeness (QED) is 0.387. The molecule has 3 rings (SSSR count). The maximum atomic E-state index is 12.2. The van der Waals surface area contributed by atoms with Gasteiger partial charge < -0.3 is 14.2 Å². The third-order valence-electron chi connectivity index (χ3n) is 4.15. The lowest BCUT2D eigenvalue weighted by Crippen LogP contribution is -2.14. The molecule has 0 aliphatic heterocycles. The molecule has 0 atom stereocenters. The maximum Gasteiger partial charge on any atom is 0.338 e. The summed E-state index contributed by atoms with van der Waals surface area (Å²) in [6, 6.07) is 20.6. The van der Waals surface area contributed by atoms with Gasteiger partial charge in [0.1, 0.15) is 6.61 Å². The molecule has 0 radical (unpaired) electrons. The van der Waals surface area contributed by atoms with E-state index in [9.17, 15) is 9.59 Å². The highest BCUT2D eigenvalue weighted by Crippen LogP contribution is 2.26. The van der Waals surface area contributed by atoms with Crippen LogP contribution in [-0.4, -0.2) is 25.5 Å². The van der Waals surface area contributed by atoms with Gasteiger partial charge in [-0.15, -0.1) is 0 Å². The minimum atomic E-state index is -0.565. The summed E-state index contributed by atoms with van der Waals surface area (Å²) in [6.07, 6.45) is 0. The van der Waals surface area contributed by atoms with Crippen molar-refractivity contribution in [1.82, 2.24) is 0 Å². The van der Waals surface area contributed by atoms with E-state index < -0.39 is 5.97 Å². The van der Waals surface area contributed by atoms with Crippen molar-refractivity contribution in [2.45, 2.75) is 6.61 Å². The minimum absolute atomic E-state index is 0.295. The van der Waals surface area contributed by atoms with Crippen molar-refractivity contribution in [3.05, 3.63) is 94.5 Å². The molecular weight excluding hydrogens is 392 g/mol. The Bertz CT molecular complexity index is 981. The van der Waals surface area contributed by atoms with Gasteiger partial charge in [0.25, 0.3) is 0 Å². The first kappa shape index (κ1) is 20.4. The van der Waals surface area contributed by atoms with Gasteiger partial charge in [0.05, 0.1) is 12.7 Å². The number of carbonyl (C=O) groups excluding carboxylic acids is 2. The monoisotopic (exact) mass is 410 g/mol. The normalized spacial score (nSPS) is 10.3. The Kier molecular flexibility index (Phi) is 6.87. The molecule has 0 amide bonds. The van der Waals surface area contributed by atoms with Gasteiger partial charge in [-0.25, -0.2) is 4.79 Å². The van der Waals surface area contributed by atoms with Gasteiger partial charge in [-0.1, -0.05) is 35.9 Å². The number of esters is 1. The summed E-state index contributed by atoms with van der Waals surface area (Å²) in [5, 5.41) is 0.535. The fourth-order valence-electron chi connectivity index (χ4n) is 2.57. The summed E-state index contributed by atoms with van der Waals surface area (Å²) < 4.78 is 16.1. The van der Waals surface area contributed by atoms with E-state index in [0.717, 1.165) is 5.56 Å². The Labute approximate surface area is 173 Å². The van der Waals surface area contributed by atoms with Crippen LogP contribution in [0.25, 0.3) is 0 Å². The number of Topliss-reactive ketones (excluding diaryl/α,β-unsaturated/α-hetero) is 1. The number of para-hydroxylation sites is 2. The van der Waals surface area contributed by atoms with Crippen LogP contribution < -0.4 is 9.47 Å². The number of carbonyl (C=O) groups is 2. The number of benzene rings is 3. The molecule has 3 aromatic rings. The van der Waals surface area contributed by atoms with Crippen LogP contribution in [0.4, 0.5) is 0 Å². The molecule has 0 spiro atoms. The number of methoxy groups -OCH3 is 1. The molecular formula is C23H19ClO5. The lowest BCUT2D eigenvalue weighted by atomic mass is 10.1. The van der Waals surface area contributed by atoms with Gasteiger partial charge in [0.15, 0.2) is 23.9 Å². The SMILES string of the molecule is COc1ccccc1OCc1ccc(C(=O)OCC(=O)c2ccc(Cl)cc2)cc1. The molecule has 6 heteroatoms. The van der Waals surface area contributed by atoms with E-state index in [1.165, 1.54) is 0 Å². The van der Waals surface area contributed by atoms with E-state index in [4.69, 9.17) is 25.8 Å². The van der Waals surface area contributed by atoms with Gasteiger partial charge in [-0.2, -0.15) is 0 Å². The summed E-state index contributed by atoms with van der Waals surface area (Å²) in [5.41, 5.74) is 1.67. The Morgan fingerprint density at radius 3 is 2.10 bits per heavy atom. The fourth-order valence-corrected chi connectivity index (χ4v) is 2.70. The highest BCUT2D eigenvalue weighted by molar-refractivity contribution is 6.30. The third-order valence-corrected chi connectivity index (χ3v) is 4.41. The average molecular weight is 411 g/mol. The van der Waals surface area contributed by atoms with Gasteiger partial charge in [-0.3, -0.25) is 4.79 Å². The van der Waals surface area contributed by atoms with Crippen molar-refractivity contribution < 1.29 is 23.8 Å². The number of ketones is 1. The highest BCUT2D eigenvalue weighted by Gasteiger charge is 2.12. The molecule has 0 saturated heterocycles. The number of rotatable bonds is 8. The van der Waals surface area contributed by atoms with E-state index in [1.807, 2.05) is 24.3 Å². The molecule has 0 unspecified atom stereocenters. The van der Waals surface area contributed by atoms with Crippen molar-refractivity contribution >= 4 is 23.4 Å².